The number of hydrogen-bond donors (Lipinski definition) is 1. The number of pyridine rings is 1. The summed E-state index contributed by atoms with van der Waals surface area (Å²) < 4.78 is 5.02. The van der Waals surface area contributed by atoms with E-state index >= 15 is 0 Å². The van der Waals surface area contributed by atoms with Crippen molar-refractivity contribution >= 4 is 52.5 Å². The van der Waals surface area contributed by atoms with Crippen LogP contribution < -0.4 is 5.32 Å². The van der Waals surface area contributed by atoms with E-state index in [1.54, 1.807) is 43.6 Å². The third-order valence-electron chi connectivity index (χ3n) is 3.07. The van der Waals surface area contributed by atoms with Crippen molar-refractivity contribution in [3.8, 4) is 0 Å². The predicted molar refractivity (Wildman–Crippen MR) is 96.1 cm³/mol. The Kier molecular flexibility index (Phi) is 6.48. The van der Waals surface area contributed by atoms with E-state index in [2.05, 4.69) is 10.3 Å². The maximum absolute atomic E-state index is 12.1. The van der Waals surface area contributed by atoms with Gasteiger partial charge in [-0.2, -0.15) is 0 Å². The number of nitrogens with zero attached hydrogens (tertiary/aromatic N) is 1. The van der Waals surface area contributed by atoms with Gasteiger partial charge in [-0.15, -0.1) is 11.8 Å². The maximum Gasteiger partial charge on any atom is 0.341 e. The molecule has 1 heterocycles. The summed E-state index contributed by atoms with van der Waals surface area (Å²) in [7, 11) is 0. The number of anilines is 1. The average Bonchev–Trinajstić information content (AvgIpc) is 2.59. The van der Waals surface area contributed by atoms with E-state index in [1.165, 1.54) is 11.8 Å². The van der Waals surface area contributed by atoms with Crippen molar-refractivity contribution in [3.05, 3.63) is 51.6 Å². The fourth-order valence-corrected chi connectivity index (χ4v) is 2.87. The van der Waals surface area contributed by atoms with Crippen LogP contribution in [0, 0.1) is 6.92 Å². The van der Waals surface area contributed by atoms with Gasteiger partial charge in [-0.05, 0) is 36.9 Å². The summed E-state index contributed by atoms with van der Waals surface area (Å²) >= 11 is 13.5. The summed E-state index contributed by atoms with van der Waals surface area (Å²) in [4.78, 5) is 28.1. The number of carbonyl (C=O) groups is 2. The number of nitrogens with one attached hydrogen (secondary N) is 1. The third-order valence-corrected chi connectivity index (χ3v) is 4.58. The number of rotatable bonds is 5. The van der Waals surface area contributed by atoms with Crippen LogP contribution in [-0.4, -0.2) is 29.7 Å². The zero-order valence-electron chi connectivity index (χ0n) is 12.9. The van der Waals surface area contributed by atoms with Gasteiger partial charge in [0.25, 0.3) is 5.91 Å². The predicted octanol–water partition coefficient (Wildman–Crippen LogP) is 4.21. The highest BCUT2D eigenvalue weighted by atomic mass is 35.5. The quantitative estimate of drug-likeness (QED) is 0.617. The molecule has 0 aliphatic heterocycles. The van der Waals surface area contributed by atoms with Crippen LogP contribution in [-0.2, 0) is 9.53 Å². The molecule has 1 aromatic carbocycles. The van der Waals surface area contributed by atoms with Gasteiger partial charge in [-0.3, -0.25) is 4.79 Å². The molecule has 1 amide bonds. The van der Waals surface area contributed by atoms with Crippen molar-refractivity contribution in [1.29, 1.82) is 0 Å². The molecular formula is C16H14Cl2N2O3S. The monoisotopic (exact) mass is 384 g/mol. The van der Waals surface area contributed by atoms with Crippen LogP contribution in [0.4, 0.5) is 5.69 Å². The molecule has 1 N–H and O–H groups in total. The highest BCUT2D eigenvalue weighted by molar-refractivity contribution is 7.98. The van der Waals surface area contributed by atoms with Crippen molar-refractivity contribution < 1.29 is 14.3 Å². The molecule has 126 valence electrons. The van der Waals surface area contributed by atoms with Gasteiger partial charge >= 0.3 is 5.97 Å². The fraction of sp³-hybridized carbons (Fsp3) is 0.188. The van der Waals surface area contributed by atoms with Crippen LogP contribution in [0.3, 0.4) is 0 Å². The van der Waals surface area contributed by atoms with E-state index in [9.17, 15) is 9.59 Å². The Bertz CT molecular complexity index is 784. The number of benzene rings is 1. The van der Waals surface area contributed by atoms with E-state index < -0.39 is 18.5 Å². The Balaban J connectivity index is 2.01. The molecule has 0 fully saturated rings. The molecule has 24 heavy (non-hydrogen) atoms. The Morgan fingerprint density at radius 3 is 2.75 bits per heavy atom. The molecule has 0 aliphatic carbocycles. The average molecular weight is 385 g/mol. The molecule has 2 rings (SSSR count). The number of ether oxygens (including phenoxy) is 1. The Morgan fingerprint density at radius 2 is 2.04 bits per heavy atom. The van der Waals surface area contributed by atoms with E-state index in [0.717, 1.165) is 5.56 Å². The lowest BCUT2D eigenvalue weighted by Crippen LogP contribution is -2.21. The Hall–Kier alpha value is -1.76. The lowest BCUT2D eigenvalue weighted by atomic mass is 10.2. The smallest absolute Gasteiger partial charge is 0.341 e. The Morgan fingerprint density at radius 1 is 1.29 bits per heavy atom. The Labute approximate surface area is 153 Å². The zero-order chi connectivity index (χ0) is 17.7. The normalized spacial score (nSPS) is 10.3. The molecule has 0 atom stereocenters. The van der Waals surface area contributed by atoms with Gasteiger partial charge in [0, 0.05) is 6.20 Å². The van der Waals surface area contributed by atoms with Crippen LogP contribution in [0.5, 0.6) is 0 Å². The minimum atomic E-state index is -0.621. The SMILES string of the molecule is CSc1ncccc1C(=O)OCC(=O)Nc1c(Cl)ccc(C)c1Cl. The number of amides is 1. The molecule has 2 aromatic rings. The largest absolute Gasteiger partial charge is 0.452 e. The standard InChI is InChI=1S/C16H14Cl2N2O3S/c1-9-5-6-11(17)14(13(9)18)20-12(21)8-23-16(22)10-4-3-7-19-15(10)24-2/h3-7H,8H2,1-2H3,(H,20,21). The number of esters is 1. The summed E-state index contributed by atoms with van der Waals surface area (Å²) in [6, 6.07) is 6.59. The molecule has 1 aromatic heterocycles. The van der Waals surface area contributed by atoms with Gasteiger partial charge in [0.1, 0.15) is 5.03 Å². The summed E-state index contributed by atoms with van der Waals surface area (Å²) in [5.74, 6) is -1.16. The second kappa shape index (κ2) is 8.37. The number of carbonyl (C=O) groups excluding carboxylic acids is 2. The van der Waals surface area contributed by atoms with Crippen LogP contribution in [0.2, 0.25) is 10.0 Å². The third kappa shape index (κ3) is 4.41. The molecule has 0 saturated carbocycles. The number of halogens is 2. The first-order valence-corrected chi connectivity index (χ1v) is 8.82. The summed E-state index contributed by atoms with van der Waals surface area (Å²) in [6.07, 6.45) is 3.38. The molecule has 0 radical (unpaired) electrons. The molecule has 0 unspecified atom stereocenters. The van der Waals surface area contributed by atoms with Crippen molar-refractivity contribution in [2.75, 3.05) is 18.2 Å². The highest BCUT2D eigenvalue weighted by Gasteiger charge is 2.16. The van der Waals surface area contributed by atoms with Crippen LogP contribution >= 0.6 is 35.0 Å². The minimum absolute atomic E-state index is 0.297. The topological polar surface area (TPSA) is 68.3 Å². The zero-order valence-corrected chi connectivity index (χ0v) is 15.3. The lowest BCUT2D eigenvalue weighted by molar-refractivity contribution is -0.119. The number of hydrogen-bond acceptors (Lipinski definition) is 5. The second-order valence-corrected chi connectivity index (χ2v) is 6.32. The summed E-state index contributed by atoms with van der Waals surface area (Å²) in [6.45, 7) is 1.34. The first-order valence-electron chi connectivity index (χ1n) is 6.84. The van der Waals surface area contributed by atoms with Crippen molar-refractivity contribution in [1.82, 2.24) is 4.98 Å². The summed E-state index contributed by atoms with van der Waals surface area (Å²) in [5.41, 5.74) is 1.38. The van der Waals surface area contributed by atoms with Gasteiger partial charge in [-0.25, -0.2) is 9.78 Å². The maximum atomic E-state index is 12.1. The van der Waals surface area contributed by atoms with Crippen LogP contribution in [0.1, 0.15) is 15.9 Å². The van der Waals surface area contributed by atoms with Gasteiger partial charge in [0.05, 0.1) is 21.3 Å². The van der Waals surface area contributed by atoms with Gasteiger partial charge in [0.15, 0.2) is 6.61 Å². The molecule has 0 spiro atoms. The van der Waals surface area contributed by atoms with Crippen molar-refractivity contribution in [2.45, 2.75) is 11.9 Å². The summed E-state index contributed by atoms with van der Waals surface area (Å²) in [5, 5.41) is 3.74. The van der Waals surface area contributed by atoms with Crippen molar-refractivity contribution in [3.63, 3.8) is 0 Å². The highest BCUT2D eigenvalue weighted by Crippen LogP contribution is 2.32. The van der Waals surface area contributed by atoms with Gasteiger partial charge in [-0.1, -0.05) is 29.3 Å². The molecule has 5 nitrogen and oxygen atoms in total. The van der Waals surface area contributed by atoms with Crippen LogP contribution in [0.15, 0.2) is 35.5 Å². The first kappa shape index (κ1) is 18.6. The molecular weight excluding hydrogens is 371 g/mol. The van der Waals surface area contributed by atoms with E-state index in [4.69, 9.17) is 27.9 Å². The van der Waals surface area contributed by atoms with Gasteiger partial charge in [0.2, 0.25) is 0 Å². The second-order valence-electron chi connectivity index (χ2n) is 4.74. The minimum Gasteiger partial charge on any atom is -0.452 e. The number of aryl methyl sites for hydroxylation is 1. The first-order chi connectivity index (χ1) is 11.4. The molecule has 0 bridgehead atoms. The molecule has 0 saturated heterocycles. The molecule has 0 aliphatic rings. The van der Waals surface area contributed by atoms with E-state index in [-0.39, 0.29) is 0 Å². The fourth-order valence-electron chi connectivity index (χ4n) is 1.86. The number of aromatic nitrogens is 1. The van der Waals surface area contributed by atoms with E-state index in [1.807, 2.05) is 0 Å². The molecule has 8 heteroatoms. The van der Waals surface area contributed by atoms with Crippen LogP contribution in [0.25, 0.3) is 0 Å². The van der Waals surface area contributed by atoms with Gasteiger partial charge < -0.3 is 10.1 Å². The number of thioether (sulfide) groups is 1. The van der Waals surface area contributed by atoms with E-state index in [0.29, 0.717) is 26.3 Å². The lowest BCUT2D eigenvalue weighted by Gasteiger charge is -2.11. The van der Waals surface area contributed by atoms with Crippen molar-refractivity contribution in [2.24, 2.45) is 0 Å².